The zero-order chi connectivity index (χ0) is 11.5. The SMILES string of the molecule is O=C(O)CCCc1ccc2oc(=O)sc2c1. The number of hydrogen-bond acceptors (Lipinski definition) is 4. The Morgan fingerprint density at radius 1 is 1.44 bits per heavy atom. The molecule has 0 aliphatic rings. The number of benzene rings is 1. The predicted molar refractivity (Wildman–Crippen MR) is 60.9 cm³/mol. The van der Waals surface area contributed by atoms with Gasteiger partial charge in [0.05, 0.1) is 4.70 Å². The van der Waals surface area contributed by atoms with Crippen LogP contribution in [0.5, 0.6) is 0 Å². The largest absolute Gasteiger partial charge is 0.481 e. The molecule has 1 heterocycles. The molecule has 0 fully saturated rings. The van der Waals surface area contributed by atoms with Crippen molar-refractivity contribution in [2.45, 2.75) is 19.3 Å². The van der Waals surface area contributed by atoms with Crippen LogP contribution in [0.2, 0.25) is 0 Å². The van der Waals surface area contributed by atoms with Gasteiger partial charge in [0.2, 0.25) is 0 Å². The Morgan fingerprint density at radius 3 is 3.00 bits per heavy atom. The molecule has 1 aromatic heterocycles. The van der Waals surface area contributed by atoms with E-state index in [0.717, 1.165) is 21.6 Å². The van der Waals surface area contributed by atoms with E-state index < -0.39 is 5.97 Å². The van der Waals surface area contributed by atoms with Crippen molar-refractivity contribution >= 4 is 27.6 Å². The Bertz CT molecular complexity index is 567. The molecule has 0 saturated carbocycles. The van der Waals surface area contributed by atoms with E-state index in [0.29, 0.717) is 18.4 Å². The number of rotatable bonds is 4. The zero-order valence-electron chi connectivity index (χ0n) is 8.43. The lowest BCUT2D eigenvalue weighted by Gasteiger charge is -1.98. The maximum absolute atomic E-state index is 11.0. The van der Waals surface area contributed by atoms with E-state index in [1.54, 1.807) is 6.07 Å². The van der Waals surface area contributed by atoms with Crippen molar-refractivity contribution < 1.29 is 14.3 Å². The van der Waals surface area contributed by atoms with Crippen LogP contribution in [-0.2, 0) is 11.2 Å². The summed E-state index contributed by atoms with van der Waals surface area (Å²) in [5.41, 5.74) is 1.63. The first kappa shape index (κ1) is 10.9. The lowest BCUT2D eigenvalue weighted by molar-refractivity contribution is -0.137. The van der Waals surface area contributed by atoms with Crippen molar-refractivity contribution in [1.29, 1.82) is 0 Å². The van der Waals surface area contributed by atoms with Crippen molar-refractivity contribution in [3.8, 4) is 0 Å². The van der Waals surface area contributed by atoms with Crippen LogP contribution in [0.1, 0.15) is 18.4 Å². The number of carboxylic acid groups (broad SMARTS) is 1. The van der Waals surface area contributed by atoms with Crippen molar-refractivity contribution in [2.75, 3.05) is 0 Å². The lowest BCUT2D eigenvalue weighted by Crippen LogP contribution is -1.95. The Hall–Kier alpha value is -1.62. The van der Waals surface area contributed by atoms with Crippen LogP contribution in [0, 0.1) is 0 Å². The first-order valence-corrected chi connectivity index (χ1v) is 5.71. The van der Waals surface area contributed by atoms with Gasteiger partial charge in [0, 0.05) is 6.42 Å². The van der Waals surface area contributed by atoms with Gasteiger partial charge in [-0.25, -0.2) is 4.79 Å². The average molecular weight is 238 g/mol. The number of hydrogen-bond donors (Lipinski definition) is 1. The molecule has 0 saturated heterocycles. The summed E-state index contributed by atoms with van der Waals surface area (Å²) in [6, 6.07) is 5.50. The second-order valence-corrected chi connectivity index (χ2v) is 4.46. The number of carboxylic acids is 1. The summed E-state index contributed by atoms with van der Waals surface area (Å²) < 4.78 is 5.75. The summed E-state index contributed by atoms with van der Waals surface area (Å²) in [5.74, 6) is -0.783. The topological polar surface area (TPSA) is 67.5 Å². The molecule has 0 bridgehead atoms. The zero-order valence-corrected chi connectivity index (χ0v) is 9.25. The molecule has 0 spiro atoms. The van der Waals surface area contributed by atoms with Crippen molar-refractivity contribution in [3.63, 3.8) is 0 Å². The molecule has 0 aliphatic carbocycles. The molecule has 84 valence electrons. The number of aryl methyl sites for hydroxylation is 1. The highest BCUT2D eigenvalue weighted by Gasteiger charge is 2.03. The lowest BCUT2D eigenvalue weighted by atomic mass is 10.1. The maximum atomic E-state index is 11.0. The summed E-state index contributed by atoms with van der Waals surface area (Å²) in [6.45, 7) is 0. The summed E-state index contributed by atoms with van der Waals surface area (Å²) in [6.07, 6.45) is 1.47. The van der Waals surface area contributed by atoms with Crippen molar-refractivity contribution in [2.24, 2.45) is 0 Å². The van der Waals surface area contributed by atoms with Gasteiger partial charge in [0.25, 0.3) is 0 Å². The summed E-state index contributed by atoms with van der Waals surface area (Å²) in [5, 5.41) is 8.51. The summed E-state index contributed by atoms with van der Waals surface area (Å²) >= 11 is 1.07. The van der Waals surface area contributed by atoms with E-state index in [9.17, 15) is 9.59 Å². The molecule has 4 nitrogen and oxygen atoms in total. The molecule has 0 unspecified atom stereocenters. The highest BCUT2D eigenvalue weighted by molar-refractivity contribution is 7.16. The quantitative estimate of drug-likeness (QED) is 0.887. The van der Waals surface area contributed by atoms with E-state index in [1.807, 2.05) is 12.1 Å². The predicted octanol–water partition coefficient (Wildman–Crippen LogP) is 2.26. The van der Waals surface area contributed by atoms with Gasteiger partial charge in [-0.3, -0.25) is 4.79 Å². The Morgan fingerprint density at radius 2 is 2.25 bits per heavy atom. The van der Waals surface area contributed by atoms with E-state index in [4.69, 9.17) is 9.52 Å². The maximum Gasteiger partial charge on any atom is 0.396 e. The molecule has 1 N–H and O–H groups in total. The minimum atomic E-state index is -0.783. The van der Waals surface area contributed by atoms with Crippen LogP contribution >= 0.6 is 11.3 Å². The summed E-state index contributed by atoms with van der Waals surface area (Å²) in [7, 11) is 0. The third-order valence-electron chi connectivity index (χ3n) is 2.25. The monoisotopic (exact) mass is 238 g/mol. The number of carbonyl (C=O) groups is 1. The molecule has 5 heteroatoms. The van der Waals surface area contributed by atoms with Crippen LogP contribution in [0.4, 0.5) is 0 Å². The second kappa shape index (κ2) is 4.49. The van der Waals surface area contributed by atoms with Crippen LogP contribution in [-0.4, -0.2) is 11.1 Å². The van der Waals surface area contributed by atoms with Gasteiger partial charge >= 0.3 is 10.9 Å². The van der Waals surface area contributed by atoms with Gasteiger partial charge in [-0.2, -0.15) is 0 Å². The van der Waals surface area contributed by atoms with E-state index in [-0.39, 0.29) is 11.4 Å². The smallest absolute Gasteiger partial charge is 0.396 e. The average Bonchev–Trinajstić information content (AvgIpc) is 2.56. The fourth-order valence-electron chi connectivity index (χ4n) is 1.52. The van der Waals surface area contributed by atoms with Crippen LogP contribution < -0.4 is 4.94 Å². The number of aliphatic carboxylic acids is 1. The molecule has 1 aromatic carbocycles. The van der Waals surface area contributed by atoms with Gasteiger partial charge in [-0.1, -0.05) is 17.4 Å². The molecule has 2 aromatic rings. The second-order valence-electron chi connectivity index (χ2n) is 3.48. The first-order valence-electron chi connectivity index (χ1n) is 4.89. The van der Waals surface area contributed by atoms with E-state index >= 15 is 0 Å². The Balaban J connectivity index is 2.13. The standard InChI is InChI=1S/C11H10O4S/c12-10(13)3-1-2-7-4-5-8-9(6-7)16-11(14)15-8/h4-6H,1-3H2,(H,12,13). The molecule has 2 rings (SSSR count). The van der Waals surface area contributed by atoms with Gasteiger partial charge in [-0.15, -0.1) is 0 Å². The minimum absolute atomic E-state index is 0.166. The highest BCUT2D eigenvalue weighted by Crippen LogP contribution is 2.19. The molecular weight excluding hydrogens is 228 g/mol. The Labute approximate surface area is 95.1 Å². The van der Waals surface area contributed by atoms with Gasteiger partial charge < -0.3 is 9.52 Å². The number of fused-ring (bicyclic) bond motifs is 1. The first-order chi connectivity index (χ1) is 7.65. The summed E-state index contributed by atoms with van der Waals surface area (Å²) in [4.78, 5) is 21.0. The van der Waals surface area contributed by atoms with Crippen molar-refractivity contribution in [1.82, 2.24) is 0 Å². The van der Waals surface area contributed by atoms with Gasteiger partial charge in [0.1, 0.15) is 5.58 Å². The molecule has 0 amide bonds. The third kappa shape index (κ3) is 2.49. The van der Waals surface area contributed by atoms with E-state index in [1.165, 1.54) is 0 Å². The van der Waals surface area contributed by atoms with E-state index in [2.05, 4.69) is 0 Å². The molecular formula is C11H10O4S. The minimum Gasteiger partial charge on any atom is -0.481 e. The highest BCUT2D eigenvalue weighted by atomic mass is 32.1. The molecule has 0 atom stereocenters. The molecule has 0 aliphatic heterocycles. The Kier molecular flexibility index (Phi) is 3.05. The fourth-order valence-corrected chi connectivity index (χ4v) is 2.25. The van der Waals surface area contributed by atoms with Gasteiger partial charge in [0.15, 0.2) is 0 Å². The third-order valence-corrected chi connectivity index (χ3v) is 3.04. The normalized spacial score (nSPS) is 10.8. The molecule has 0 radical (unpaired) electrons. The van der Waals surface area contributed by atoms with Crippen molar-refractivity contribution in [3.05, 3.63) is 33.5 Å². The van der Waals surface area contributed by atoms with Gasteiger partial charge in [-0.05, 0) is 30.5 Å². The fraction of sp³-hybridized carbons (Fsp3) is 0.273. The molecule has 16 heavy (non-hydrogen) atoms. The van der Waals surface area contributed by atoms with Crippen LogP contribution in [0.15, 0.2) is 27.4 Å². The van der Waals surface area contributed by atoms with Crippen LogP contribution in [0.25, 0.3) is 10.3 Å². The van der Waals surface area contributed by atoms with Crippen LogP contribution in [0.3, 0.4) is 0 Å².